The van der Waals surface area contributed by atoms with Crippen LogP contribution in [0.15, 0.2) is 64.1 Å². The number of hydrogen-bond donors (Lipinski definition) is 1. The molecule has 1 N–H and O–H groups in total. The van der Waals surface area contributed by atoms with E-state index in [1.54, 1.807) is 24.3 Å². The lowest BCUT2D eigenvalue weighted by Crippen LogP contribution is -2.30. The van der Waals surface area contributed by atoms with Gasteiger partial charge in [-0.05, 0) is 18.2 Å². The van der Waals surface area contributed by atoms with E-state index < -0.39 is 11.5 Å². The number of aromatic nitrogens is 4. The van der Waals surface area contributed by atoms with Crippen molar-refractivity contribution in [2.75, 3.05) is 19.5 Å². The molecule has 0 aliphatic carbocycles. The first-order chi connectivity index (χ1) is 15.0. The lowest BCUT2D eigenvalue weighted by molar-refractivity contribution is -0.117. The summed E-state index contributed by atoms with van der Waals surface area (Å²) in [4.78, 5) is 25.3. The molecule has 31 heavy (non-hydrogen) atoms. The van der Waals surface area contributed by atoms with Crippen LogP contribution in [0.2, 0.25) is 0 Å². The zero-order valence-electron chi connectivity index (χ0n) is 16.7. The van der Waals surface area contributed by atoms with Crippen molar-refractivity contribution < 1.29 is 14.3 Å². The van der Waals surface area contributed by atoms with Crippen LogP contribution >= 0.6 is 15.9 Å². The second kappa shape index (κ2) is 8.60. The third-order valence-electron chi connectivity index (χ3n) is 4.56. The first-order valence-electron chi connectivity index (χ1n) is 9.21. The highest BCUT2D eigenvalue weighted by Crippen LogP contribution is 2.25. The van der Waals surface area contributed by atoms with Gasteiger partial charge in [0.05, 0.1) is 19.9 Å². The minimum atomic E-state index is -0.420. The van der Waals surface area contributed by atoms with E-state index in [9.17, 15) is 9.59 Å². The van der Waals surface area contributed by atoms with Gasteiger partial charge in [0.25, 0.3) is 5.56 Å². The highest BCUT2D eigenvalue weighted by atomic mass is 79.9. The second-order valence-electron chi connectivity index (χ2n) is 6.61. The summed E-state index contributed by atoms with van der Waals surface area (Å²) in [7, 11) is 3.04. The maximum Gasteiger partial charge on any atom is 0.293 e. The summed E-state index contributed by atoms with van der Waals surface area (Å²) in [6.07, 6.45) is 1.40. The molecule has 0 aliphatic rings. The summed E-state index contributed by atoms with van der Waals surface area (Å²) in [5, 5.41) is 11.2. The Kier molecular flexibility index (Phi) is 5.72. The van der Waals surface area contributed by atoms with Gasteiger partial charge in [0, 0.05) is 33.9 Å². The molecule has 0 saturated heterocycles. The number of ether oxygens (including phenoxy) is 2. The molecule has 0 unspecified atom stereocenters. The van der Waals surface area contributed by atoms with Gasteiger partial charge in [-0.25, -0.2) is 9.20 Å². The van der Waals surface area contributed by atoms with Crippen LogP contribution < -0.4 is 20.3 Å². The number of rotatable bonds is 6. The molecule has 158 valence electrons. The highest BCUT2D eigenvalue weighted by molar-refractivity contribution is 9.10. The van der Waals surface area contributed by atoms with Crippen LogP contribution in [-0.2, 0) is 11.3 Å². The molecule has 0 aliphatic heterocycles. The Hall–Kier alpha value is -3.66. The second-order valence-corrected chi connectivity index (χ2v) is 7.53. The molecule has 1 amide bonds. The number of nitrogens with one attached hydrogen (secondary N) is 1. The fourth-order valence-corrected chi connectivity index (χ4v) is 3.29. The number of halogens is 1. The van der Waals surface area contributed by atoms with Gasteiger partial charge >= 0.3 is 0 Å². The Bertz CT molecular complexity index is 1290. The van der Waals surface area contributed by atoms with Gasteiger partial charge in [-0.2, -0.15) is 10.2 Å². The maximum atomic E-state index is 12.8. The van der Waals surface area contributed by atoms with Crippen LogP contribution in [0, 0.1) is 0 Å². The van der Waals surface area contributed by atoms with Gasteiger partial charge in [0.2, 0.25) is 5.91 Å². The summed E-state index contributed by atoms with van der Waals surface area (Å²) in [5.74, 6) is 0.652. The molecule has 2 aromatic heterocycles. The molecule has 4 rings (SSSR count). The van der Waals surface area contributed by atoms with Crippen LogP contribution in [0.3, 0.4) is 0 Å². The van der Waals surface area contributed by atoms with E-state index in [2.05, 4.69) is 31.4 Å². The van der Waals surface area contributed by atoms with Gasteiger partial charge in [0.1, 0.15) is 29.9 Å². The predicted molar refractivity (Wildman–Crippen MR) is 119 cm³/mol. The Balaban J connectivity index is 1.57. The van der Waals surface area contributed by atoms with Gasteiger partial charge in [-0.3, -0.25) is 9.59 Å². The number of nitrogens with zero attached hydrogens (tertiary/aromatic N) is 4. The van der Waals surface area contributed by atoms with Gasteiger partial charge in [-0.15, -0.1) is 0 Å². The maximum absolute atomic E-state index is 12.8. The van der Waals surface area contributed by atoms with Crippen molar-refractivity contribution >= 4 is 33.0 Å². The quantitative estimate of drug-likeness (QED) is 0.452. The summed E-state index contributed by atoms with van der Waals surface area (Å²) >= 11 is 3.40. The lowest BCUT2D eigenvalue weighted by atomic mass is 10.1. The predicted octanol–water partition coefficient (Wildman–Crippen LogP) is 2.98. The molecule has 4 aromatic rings. The van der Waals surface area contributed by atoms with Crippen LogP contribution in [0.25, 0.3) is 16.8 Å². The van der Waals surface area contributed by atoms with E-state index in [0.717, 1.165) is 14.7 Å². The van der Waals surface area contributed by atoms with E-state index in [-0.39, 0.29) is 6.54 Å². The van der Waals surface area contributed by atoms with Crippen molar-refractivity contribution in [1.29, 1.82) is 0 Å². The van der Waals surface area contributed by atoms with Crippen molar-refractivity contribution in [3.8, 4) is 22.8 Å². The third-order valence-corrected chi connectivity index (χ3v) is 5.09. The smallest absolute Gasteiger partial charge is 0.293 e. The first kappa shape index (κ1) is 20.6. The van der Waals surface area contributed by atoms with Crippen molar-refractivity contribution in [3.05, 3.63) is 69.7 Å². The minimum absolute atomic E-state index is 0.256. The lowest BCUT2D eigenvalue weighted by Gasteiger charge is -2.10. The van der Waals surface area contributed by atoms with Gasteiger partial charge < -0.3 is 14.8 Å². The van der Waals surface area contributed by atoms with E-state index >= 15 is 0 Å². The number of carbonyl (C=O) groups is 1. The molecule has 0 saturated carbocycles. The summed E-state index contributed by atoms with van der Waals surface area (Å²) in [6, 6.07) is 14.3. The van der Waals surface area contributed by atoms with Crippen molar-refractivity contribution in [1.82, 2.24) is 19.4 Å². The number of methoxy groups -OCH3 is 2. The molecular formula is C21H18BrN5O4. The Morgan fingerprint density at radius 1 is 1.06 bits per heavy atom. The normalized spacial score (nSPS) is 10.8. The monoisotopic (exact) mass is 483 g/mol. The standard InChI is InChI=1S/C21H18BrN5O4/c1-30-16-7-15(8-17(9-16)31-2)24-20(28)11-26-21(29)19-10-18(25-27(19)12-23-26)13-3-5-14(22)6-4-13/h3-10,12H,11H2,1-2H3,(H,24,28). The Labute approximate surface area is 185 Å². The molecular weight excluding hydrogens is 466 g/mol. The average molecular weight is 484 g/mol. The fraction of sp³-hybridized carbons (Fsp3) is 0.143. The molecule has 0 spiro atoms. The number of carbonyl (C=O) groups excluding carboxylic acids is 1. The summed E-state index contributed by atoms with van der Waals surface area (Å²) in [6.45, 7) is -0.256. The van der Waals surface area contributed by atoms with Crippen LogP contribution in [0.5, 0.6) is 11.5 Å². The average Bonchev–Trinajstić information content (AvgIpc) is 3.21. The number of anilines is 1. The van der Waals surface area contributed by atoms with Gasteiger partial charge in [-0.1, -0.05) is 28.1 Å². The summed E-state index contributed by atoms with van der Waals surface area (Å²) < 4.78 is 13.8. The molecule has 0 atom stereocenters. The molecule has 2 aromatic carbocycles. The van der Waals surface area contributed by atoms with Crippen molar-refractivity contribution in [3.63, 3.8) is 0 Å². The molecule has 9 nitrogen and oxygen atoms in total. The van der Waals surface area contributed by atoms with Crippen molar-refractivity contribution in [2.45, 2.75) is 6.54 Å². The minimum Gasteiger partial charge on any atom is -0.497 e. The van der Waals surface area contributed by atoms with Gasteiger partial charge in [0.15, 0.2) is 0 Å². The molecule has 0 fully saturated rings. The highest BCUT2D eigenvalue weighted by Gasteiger charge is 2.13. The number of hydrogen-bond acceptors (Lipinski definition) is 6. The molecule has 2 heterocycles. The molecule has 0 bridgehead atoms. The number of amides is 1. The molecule has 10 heteroatoms. The van der Waals surface area contributed by atoms with Crippen LogP contribution in [-0.4, -0.2) is 39.5 Å². The fourth-order valence-electron chi connectivity index (χ4n) is 3.03. The zero-order valence-corrected chi connectivity index (χ0v) is 18.3. The third kappa shape index (κ3) is 4.43. The van der Waals surface area contributed by atoms with Crippen molar-refractivity contribution in [2.24, 2.45) is 0 Å². The van der Waals surface area contributed by atoms with Crippen LogP contribution in [0.4, 0.5) is 5.69 Å². The molecule has 0 radical (unpaired) electrons. The van der Waals surface area contributed by atoms with E-state index in [0.29, 0.717) is 28.4 Å². The largest absolute Gasteiger partial charge is 0.497 e. The number of benzene rings is 2. The number of fused-ring (bicyclic) bond motifs is 1. The zero-order chi connectivity index (χ0) is 22.0. The Morgan fingerprint density at radius 3 is 2.39 bits per heavy atom. The Morgan fingerprint density at radius 2 is 1.74 bits per heavy atom. The van der Waals surface area contributed by atoms with E-state index in [1.165, 1.54) is 25.1 Å². The topological polar surface area (TPSA) is 99.8 Å². The van der Waals surface area contributed by atoms with Crippen LogP contribution in [0.1, 0.15) is 0 Å². The summed E-state index contributed by atoms with van der Waals surface area (Å²) in [5.41, 5.74) is 1.89. The first-order valence-corrected chi connectivity index (χ1v) is 10.0. The van der Waals surface area contributed by atoms with E-state index in [4.69, 9.17) is 9.47 Å². The SMILES string of the molecule is COc1cc(NC(=O)Cn2ncn3nc(-c4ccc(Br)cc4)cc3c2=O)cc(OC)c1. The van der Waals surface area contributed by atoms with E-state index in [1.807, 2.05) is 24.3 Å².